The van der Waals surface area contributed by atoms with Crippen LogP contribution in [0.5, 0.6) is 0 Å². The summed E-state index contributed by atoms with van der Waals surface area (Å²) in [5, 5.41) is 8.80. The summed E-state index contributed by atoms with van der Waals surface area (Å²) < 4.78 is 31.5. The fourth-order valence-corrected chi connectivity index (χ4v) is 3.46. The molecule has 0 saturated carbocycles. The summed E-state index contributed by atoms with van der Waals surface area (Å²) in [6.07, 6.45) is 2.65. The molecule has 0 radical (unpaired) electrons. The van der Waals surface area contributed by atoms with E-state index in [1.165, 1.54) is 24.0 Å². The maximum atomic E-state index is 12.0. The van der Waals surface area contributed by atoms with Crippen molar-refractivity contribution in [2.75, 3.05) is 4.72 Å². The number of nitrogens with one attached hydrogen (secondary N) is 1. The van der Waals surface area contributed by atoms with Gasteiger partial charge in [-0.25, -0.2) is 9.78 Å². The van der Waals surface area contributed by atoms with Gasteiger partial charge in [-0.05, 0) is 18.5 Å². The van der Waals surface area contributed by atoms with Gasteiger partial charge < -0.3 is 9.67 Å². The molecule has 0 unspecified atom stereocenters. The molecule has 0 saturated heterocycles. The number of carboxylic acids is 1. The molecule has 102 valence electrons. The number of carbonyl (C=O) groups is 1. The van der Waals surface area contributed by atoms with Gasteiger partial charge in [0.25, 0.3) is 10.0 Å². The van der Waals surface area contributed by atoms with E-state index in [1.54, 1.807) is 7.05 Å². The second-order valence-electron chi connectivity index (χ2n) is 3.76. The molecule has 2 rings (SSSR count). The predicted molar refractivity (Wildman–Crippen MR) is 67.8 cm³/mol. The highest BCUT2D eigenvalue weighted by molar-refractivity contribution is 7.92. The van der Waals surface area contributed by atoms with Gasteiger partial charge in [-0.15, -0.1) is 0 Å². The SMILES string of the molecule is Cc1nsc(NS(=O)(=O)c2cn(C)cn2)c1C(=O)O. The Morgan fingerprint density at radius 2 is 2.21 bits per heavy atom. The number of aryl methyl sites for hydroxylation is 2. The monoisotopic (exact) mass is 302 g/mol. The van der Waals surface area contributed by atoms with E-state index in [-0.39, 0.29) is 21.3 Å². The maximum Gasteiger partial charge on any atom is 0.340 e. The fraction of sp³-hybridized carbons (Fsp3) is 0.222. The third-order valence-electron chi connectivity index (χ3n) is 2.26. The second kappa shape index (κ2) is 4.63. The van der Waals surface area contributed by atoms with Crippen molar-refractivity contribution in [2.45, 2.75) is 11.9 Å². The Labute approximate surface area is 112 Å². The lowest BCUT2D eigenvalue weighted by Gasteiger charge is -2.03. The van der Waals surface area contributed by atoms with Gasteiger partial charge in [0.15, 0.2) is 5.03 Å². The molecule has 0 bridgehead atoms. The summed E-state index contributed by atoms with van der Waals surface area (Å²) in [7, 11) is -2.28. The van der Waals surface area contributed by atoms with E-state index in [0.29, 0.717) is 0 Å². The van der Waals surface area contributed by atoms with Crippen molar-refractivity contribution in [2.24, 2.45) is 7.05 Å². The Hall–Kier alpha value is -1.94. The van der Waals surface area contributed by atoms with E-state index in [4.69, 9.17) is 5.11 Å². The van der Waals surface area contributed by atoms with E-state index < -0.39 is 16.0 Å². The number of aromatic carboxylic acids is 1. The van der Waals surface area contributed by atoms with E-state index in [2.05, 4.69) is 14.1 Å². The molecule has 0 aliphatic carbocycles. The lowest BCUT2D eigenvalue weighted by Crippen LogP contribution is -2.14. The van der Waals surface area contributed by atoms with E-state index in [1.807, 2.05) is 0 Å². The van der Waals surface area contributed by atoms with Gasteiger partial charge in [-0.2, -0.15) is 12.8 Å². The lowest BCUT2D eigenvalue weighted by molar-refractivity contribution is 0.0697. The molecule has 2 N–H and O–H groups in total. The Morgan fingerprint density at radius 3 is 2.74 bits per heavy atom. The highest BCUT2D eigenvalue weighted by atomic mass is 32.2. The summed E-state index contributed by atoms with van der Waals surface area (Å²) in [6.45, 7) is 1.50. The molecule has 0 aliphatic rings. The van der Waals surface area contributed by atoms with Gasteiger partial charge in [-0.1, -0.05) is 0 Å². The number of hydrogen-bond acceptors (Lipinski definition) is 6. The molecule has 2 heterocycles. The number of carboxylic acid groups (broad SMARTS) is 1. The van der Waals surface area contributed by atoms with E-state index in [9.17, 15) is 13.2 Å². The first-order valence-electron chi connectivity index (χ1n) is 5.01. The zero-order valence-electron chi connectivity index (χ0n) is 9.98. The van der Waals surface area contributed by atoms with Crippen molar-refractivity contribution in [1.82, 2.24) is 13.9 Å². The van der Waals surface area contributed by atoms with Crippen LogP contribution in [0.2, 0.25) is 0 Å². The predicted octanol–water partition coefficient (Wildman–Crippen LogP) is 0.684. The van der Waals surface area contributed by atoms with Crippen LogP contribution in [0.1, 0.15) is 16.1 Å². The minimum atomic E-state index is -3.91. The van der Waals surface area contributed by atoms with Crippen molar-refractivity contribution in [3.05, 3.63) is 23.8 Å². The van der Waals surface area contributed by atoms with E-state index >= 15 is 0 Å². The molecule has 19 heavy (non-hydrogen) atoms. The molecule has 2 aromatic rings. The molecule has 0 amide bonds. The average Bonchev–Trinajstić information content (AvgIpc) is 2.85. The third kappa shape index (κ3) is 2.58. The third-order valence-corrected chi connectivity index (χ3v) is 4.48. The summed E-state index contributed by atoms with van der Waals surface area (Å²) in [4.78, 5) is 14.8. The molecule has 0 atom stereocenters. The van der Waals surface area contributed by atoms with Crippen LogP contribution in [-0.2, 0) is 17.1 Å². The average molecular weight is 302 g/mol. The molecule has 10 heteroatoms. The van der Waals surface area contributed by atoms with Crippen molar-refractivity contribution in [3.8, 4) is 0 Å². The maximum absolute atomic E-state index is 12.0. The number of imidazole rings is 1. The summed E-state index contributed by atoms with van der Waals surface area (Å²) in [6, 6.07) is 0. The van der Waals surface area contributed by atoms with Gasteiger partial charge in [0, 0.05) is 13.2 Å². The van der Waals surface area contributed by atoms with E-state index in [0.717, 1.165) is 11.5 Å². The number of nitrogens with zero attached hydrogens (tertiary/aromatic N) is 3. The van der Waals surface area contributed by atoms with Crippen LogP contribution in [0.25, 0.3) is 0 Å². The van der Waals surface area contributed by atoms with Crippen molar-refractivity contribution >= 4 is 32.5 Å². The number of aromatic nitrogens is 3. The zero-order chi connectivity index (χ0) is 14.2. The first kappa shape index (κ1) is 13.5. The van der Waals surface area contributed by atoms with Crippen LogP contribution in [0.4, 0.5) is 5.00 Å². The van der Waals surface area contributed by atoms with Gasteiger partial charge in [0.1, 0.15) is 10.6 Å². The molecule has 0 spiro atoms. The normalized spacial score (nSPS) is 11.5. The standard InChI is InChI=1S/C9H10N4O4S2/c1-5-7(9(14)15)8(18-11-5)12-19(16,17)6-3-13(2)4-10-6/h3-4,12H,1-2H3,(H,14,15). The summed E-state index contributed by atoms with van der Waals surface area (Å²) in [5.74, 6) is -1.23. The minimum Gasteiger partial charge on any atom is -0.478 e. The summed E-state index contributed by atoms with van der Waals surface area (Å²) >= 11 is 0.777. The van der Waals surface area contributed by atoms with Crippen molar-refractivity contribution in [3.63, 3.8) is 0 Å². The van der Waals surface area contributed by atoms with Crippen molar-refractivity contribution < 1.29 is 18.3 Å². The summed E-state index contributed by atoms with van der Waals surface area (Å²) in [5.41, 5.74) is 0.112. The fourth-order valence-electron chi connectivity index (χ4n) is 1.39. The largest absolute Gasteiger partial charge is 0.478 e. The Kier molecular flexibility index (Phi) is 3.28. The second-order valence-corrected chi connectivity index (χ2v) is 6.16. The first-order chi connectivity index (χ1) is 8.81. The Balaban J connectivity index is 2.39. The highest BCUT2D eigenvalue weighted by Gasteiger charge is 2.24. The molecular formula is C9H10N4O4S2. The van der Waals surface area contributed by atoms with Crippen LogP contribution < -0.4 is 4.72 Å². The molecule has 2 aromatic heterocycles. The number of rotatable bonds is 4. The highest BCUT2D eigenvalue weighted by Crippen LogP contribution is 2.26. The topological polar surface area (TPSA) is 114 Å². The zero-order valence-corrected chi connectivity index (χ0v) is 11.6. The van der Waals surface area contributed by atoms with Crippen LogP contribution in [0.3, 0.4) is 0 Å². The quantitative estimate of drug-likeness (QED) is 0.858. The lowest BCUT2D eigenvalue weighted by atomic mass is 10.2. The van der Waals surface area contributed by atoms with Crippen LogP contribution in [0, 0.1) is 6.92 Å². The molecule has 8 nitrogen and oxygen atoms in total. The smallest absolute Gasteiger partial charge is 0.340 e. The number of hydrogen-bond donors (Lipinski definition) is 2. The minimum absolute atomic E-state index is 0.0318. The molecule has 0 aliphatic heterocycles. The van der Waals surface area contributed by atoms with Gasteiger partial charge >= 0.3 is 5.97 Å². The Morgan fingerprint density at radius 1 is 1.53 bits per heavy atom. The van der Waals surface area contributed by atoms with Crippen LogP contribution >= 0.6 is 11.5 Å². The Bertz CT molecular complexity index is 731. The molecular weight excluding hydrogens is 292 g/mol. The number of sulfonamides is 1. The van der Waals surface area contributed by atoms with Gasteiger partial charge in [0.2, 0.25) is 0 Å². The van der Waals surface area contributed by atoms with Crippen LogP contribution in [0.15, 0.2) is 17.6 Å². The number of anilines is 1. The molecule has 0 aromatic carbocycles. The van der Waals surface area contributed by atoms with Gasteiger partial charge in [0.05, 0.1) is 12.0 Å². The van der Waals surface area contributed by atoms with Gasteiger partial charge in [-0.3, -0.25) is 4.72 Å². The molecule has 0 fully saturated rings. The first-order valence-corrected chi connectivity index (χ1v) is 7.27. The van der Waals surface area contributed by atoms with Crippen LogP contribution in [-0.4, -0.2) is 33.4 Å². The van der Waals surface area contributed by atoms with Crippen molar-refractivity contribution in [1.29, 1.82) is 0 Å².